The van der Waals surface area contributed by atoms with Crippen molar-refractivity contribution in [1.82, 2.24) is 9.29 Å². The Morgan fingerprint density at radius 2 is 1.81 bits per heavy atom. The smallest absolute Gasteiger partial charge is 0.246 e. The van der Waals surface area contributed by atoms with E-state index in [2.05, 4.69) is 4.98 Å². The average Bonchev–Trinajstić information content (AvgIpc) is 2.68. The highest BCUT2D eigenvalue weighted by Gasteiger charge is 2.31. The maximum absolute atomic E-state index is 13.4. The first-order valence-electron chi connectivity index (χ1n) is 9.03. The van der Waals surface area contributed by atoms with Gasteiger partial charge in [-0.25, -0.2) is 17.8 Å². The third-order valence-electron chi connectivity index (χ3n) is 5.16. The van der Waals surface area contributed by atoms with Crippen LogP contribution in [-0.4, -0.2) is 37.3 Å². The van der Waals surface area contributed by atoms with Gasteiger partial charge in [0.15, 0.2) is 0 Å². The summed E-state index contributed by atoms with van der Waals surface area (Å²) in [7, 11) is -3.56. The number of pyridine rings is 1. The first-order chi connectivity index (χ1) is 12.6. The van der Waals surface area contributed by atoms with Crippen LogP contribution in [-0.2, 0) is 23.0 Å². The third-order valence-corrected chi connectivity index (χ3v) is 7.08. The molecule has 7 heteroatoms. The minimum atomic E-state index is -3.56. The molecule has 0 N–H and O–H groups in total. The fraction of sp³-hybridized carbons (Fsp3) is 0.421. The maximum Gasteiger partial charge on any atom is 0.246 e. The molecule has 0 radical (unpaired) electrons. The lowest BCUT2D eigenvalue weighted by Gasteiger charge is -2.32. The molecule has 2 aliphatic heterocycles. The number of fused-ring (bicyclic) bond motifs is 1. The molecule has 1 fully saturated rings. The molecule has 0 aliphatic carbocycles. The van der Waals surface area contributed by atoms with Crippen molar-refractivity contribution in [3.63, 3.8) is 0 Å². The highest BCUT2D eigenvalue weighted by Crippen LogP contribution is 2.31. The van der Waals surface area contributed by atoms with Gasteiger partial charge in [-0.15, -0.1) is 0 Å². The van der Waals surface area contributed by atoms with E-state index in [9.17, 15) is 12.8 Å². The van der Waals surface area contributed by atoms with Gasteiger partial charge in [-0.05, 0) is 54.7 Å². The summed E-state index contributed by atoms with van der Waals surface area (Å²) in [6, 6.07) is 8.11. The predicted molar refractivity (Wildman–Crippen MR) is 98.0 cm³/mol. The molecule has 3 heterocycles. The molecule has 0 saturated carbocycles. The Morgan fingerprint density at radius 3 is 2.62 bits per heavy atom. The molecule has 2 aliphatic rings. The van der Waals surface area contributed by atoms with Crippen LogP contribution in [0.5, 0.6) is 0 Å². The van der Waals surface area contributed by atoms with E-state index in [1.165, 1.54) is 6.07 Å². The summed E-state index contributed by atoms with van der Waals surface area (Å²) in [5.74, 6) is 0.261. The van der Waals surface area contributed by atoms with Gasteiger partial charge in [0.1, 0.15) is 16.5 Å². The van der Waals surface area contributed by atoms with Gasteiger partial charge in [0.05, 0.1) is 0 Å². The Labute approximate surface area is 153 Å². The maximum atomic E-state index is 13.4. The molecule has 138 valence electrons. The highest BCUT2D eigenvalue weighted by molar-refractivity contribution is 7.89. The van der Waals surface area contributed by atoms with Crippen molar-refractivity contribution in [3.05, 3.63) is 53.5 Å². The number of sulfonamides is 1. The lowest BCUT2D eigenvalue weighted by atomic mass is 10.00. The number of piperidine rings is 1. The zero-order chi connectivity index (χ0) is 18.1. The van der Waals surface area contributed by atoms with Crippen molar-refractivity contribution in [2.45, 2.75) is 37.1 Å². The van der Waals surface area contributed by atoms with Crippen LogP contribution in [0.15, 0.2) is 41.4 Å². The topological polar surface area (TPSA) is 53.5 Å². The van der Waals surface area contributed by atoms with E-state index >= 15 is 0 Å². The second kappa shape index (κ2) is 6.96. The van der Waals surface area contributed by atoms with Gasteiger partial charge in [-0.3, -0.25) is 0 Å². The molecule has 0 unspecified atom stereocenters. The molecule has 0 bridgehead atoms. The van der Waals surface area contributed by atoms with Crippen molar-refractivity contribution < 1.29 is 12.8 Å². The van der Waals surface area contributed by atoms with Gasteiger partial charge in [-0.1, -0.05) is 12.5 Å². The second-order valence-corrected chi connectivity index (χ2v) is 8.78. The van der Waals surface area contributed by atoms with Crippen molar-refractivity contribution in [2.75, 3.05) is 24.5 Å². The number of anilines is 1. The second-order valence-electron chi connectivity index (χ2n) is 6.87. The number of benzene rings is 1. The van der Waals surface area contributed by atoms with Gasteiger partial charge < -0.3 is 4.90 Å². The summed E-state index contributed by atoms with van der Waals surface area (Å²) in [4.78, 5) is 6.65. The fourth-order valence-corrected chi connectivity index (χ4v) is 5.45. The Hall–Kier alpha value is -1.99. The Bertz CT molecular complexity index is 911. The monoisotopic (exact) mass is 375 g/mol. The average molecular weight is 375 g/mol. The molecule has 4 rings (SSSR count). The van der Waals surface area contributed by atoms with Gasteiger partial charge >= 0.3 is 0 Å². The minimum Gasteiger partial charge on any atom is -0.351 e. The minimum absolute atomic E-state index is 0.233. The number of nitrogens with zero attached hydrogens (tertiary/aromatic N) is 3. The molecule has 0 amide bonds. The van der Waals surface area contributed by atoms with Gasteiger partial charge in [0, 0.05) is 32.4 Å². The molecule has 0 spiro atoms. The van der Waals surface area contributed by atoms with E-state index in [1.54, 1.807) is 34.8 Å². The summed E-state index contributed by atoms with van der Waals surface area (Å²) < 4.78 is 41.3. The van der Waals surface area contributed by atoms with Crippen LogP contribution in [0.2, 0.25) is 0 Å². The van der Waals surface area contributed by atoms with Crippen molar-refractivity contribution in [3.8, 4) is 0 Å². The van der Waals surface area contributed by atoms with E-state index < -0.39 is 10.0 Å². The van der Waals surface area contributed by atoms with Crippen LogP contribution >= 0.6 is 0 Å². The largest absolute Gasteiger partial charge is 0.351 e. The first-order valence-corrected chi connectivity index (χ1v) is 10.5. The van der Waals surface area contributed by atoms with Crippen molar-refractivity contribution in [2.24, 2.45) is 0 Å². The van der Waals surface area contributed by atoms with E-state index in [0.717, 1.165) is 30.4 Å². The van der Waals surface area contributed by atoms with E-state index in [-0.39, 0.29) is 10.7 Å². The molecular weight excluding hydrogens is 353 g/mol. The fourth-order valence-electron chi connectivity index (χ4n) is 3.77. The van der Waals surface area contributed by atoms with Crippen LogP contribution in [0.25, 0.3) is 0 Å². The summed E-state index contributed by atoms with van der Waals surface area (Å²) in [5, 5.41) is 0. The van der Waals surface area contributed by atoms with Crippen LogP contribution in [0, 0.1) is 5.82 Å². The zero-order valence-electron chi connectivity index (χ0n) is 14.6. The normalized spacial score (nSPS) is 18.6. The van der Waals surface area contributed by atoms with Crippen LogP contribution in [0.4, 0.5) is 10.2 Å². The van der Waals surface area contributed by atoms with E-state index in [0.29, 0.717) is 38.4 Å². The molecular formula is C19H22FN3O2S. The lowest BCUT2D eigenvalue weighted by molar-refractivity contribution is 0.346. The number of hydrogen-bond donors (Lipinski definition) is 0. The molecule has 0 atom stereocenters. The zero-order valence-corrected chi connectivity index (χ0v) is 15.4. The molecule has 5 nitrogen and oxygen atoms in total. The van der Waals surface area contributed by atoms with Gasteiger partial charge in [0.2, 0.25) is 10.0 Å². The molecule has 1 saturated heterocycles. The van der Waals surface area contributed by atoms with Crippen LogP contribution in [0.3, 0.4) is 0 Å². The first kappa shape index (κ1) is 17.4. The van der Waals surface area contributed by atoms with Crippen LogP contribution in [0.1, 0.15) is 30.4 Å². The number of aromatic nitrogens is 1. The number of halogens is 1. The van der Waals surface area contributed by atoms with Crippen molar-refractivity contribution >= 4 is 15.8 Å². The molecule has 2 aromatic rings. The molecule has 1 aromatic carbocycles. The summed E-state index contributed by atoms with van der Waals surface area (Å²) in [6.07, 6.45) is 5.18. The summed E-state index contributed by atoms with van der Waals surface area (Å²) >= 11 is 0. The molecule has 26 heavy (non-hydrogen) atoms. The quantitative estimate of drug-likeness (QED) is 0.828. The van der Waals surface area contributed by atoms with E-state index in [1.807, 2.05) is 4.90 Å². The predicted octanol–water partition coefficient (Wildman–Crippen LogP) is 2.96. The standard InChI is InChI=1S/C19H22FN3O2S/c20-17-7-6-16-14-22(12-8-15(16)13-17)19-18(5-4-9-21-19)26(24,25)23-10-2-1-3-11-23/h4-7,9,13H,1-3,8,10-12,14H2. The Kier molecular flexibility index (Phi) is 4.67. The van der Waals surface area contributed by atoms with Gasteiger partial charge in [0.25, 0.3) is 0 Å². The number of hydrogen-bond acceptors (Lipinski definition) is 4. The number of rotatable bonds is 3. The lowest BCUT2D eigenvalue weighted by Crippen LogP contribution is -2.38. The Morgan fingerprint density at radius 1 is 1.00 bits per heavy atom. The summed E-state index contributed by atoms with van der Waals surface area (Å²) in [5.41, 5.74) is 2.00. The highest BCUT2D eigenvalue weighted by atomic mass is 32.2. The van der Waals surface area contributed by atoms with Crippen LogP contribution < -0.4 is 4.90 Å². The summed E-state index contributed by atoms with van der Waals surface area (Å²) in [6.45, 7) is 2.29. The van der Waals surface area contributed by atoms with E-state index in [4.69, 9.17) is 0 Å². The molecule has 1 aromatic heterocycles. The van der Waals surface area contributed by atoms with Gasteiger partial charge in [-0.2, -0.15) is 4.31 Å². The third kappa shape index (κ3) is 3.21. The SMILES string of the molecule is O=S(=O)(c1cccnc1N1CCc2cc(F)ccc2C1)N1CCCCC1. The van der Waals surface area contributed by atoms with Crippen molar-refractivity contribution in [1.29, 1.82) is 0 Å². The Balaban J connectivity index is 1.67.